The third kappa shape index (κ3) is 3.41. The van der Waals surface area contributed by atoms with Crippen LogP contribution in [0.2, 0.25) is 0 Å². The number of rotatable bonds is 6. The summed E-state index contributed by atoms with van der Waals surface area (Å²) < 4.78 is 0. The summed E-state index contributed by atoms with van der Waals surface area (Å²) in [6, 6.07) is -0.580. The van der Waals surface area contributed by atoms with Gasteiger partial charge in [-0.1, -0.05) is 6.92 Å². The minimum Gasteiger partial charge on any atom is -0.480 e. The molecule has 0 aromatic rings. The Morgan fingerprint density at radius 3 is 3.00 bits per heavy atom. The molecule has 0 saturated carbocycles. The molecule has 4 nitrogen and oxygen atoms in total. The summed E-state index contributed by atoms with van der Waals surface area (Å²) in [5, 5.41) is 8.91. The molecule has 1 aliphatic rings. The SMILES string of the molecule is CCSCCCN1C(=O)CCC1C(=O)O. The van der Waals surface area contributed by atoms with Crippen molar-refractivity contribution in [2.45, 2.75) is 32.2 Å². The average molecular weight is 231 g/mol. The molecule has 0 spiro atoms. The second kappa shape index (κ2) is 6.00. The van der Waals surface area contributed by atoms with Gasteiger partial charge in [0.15, 0.2) is 0 Å². The lowest BCUT2D eigenvalue weighted by molar-refractivity contribution is -0.146. The molecule has 15 heavy (non-hydrogen) atoms. The van der Waals surface area contributed by atoms with E-state index < -0.39 is 12.0 Å². The monoisotopic (exact) mass is 231 g/mol. The number of aliphatic carboxylic acids is 1. The van der Waals surface area contributed by atoms with Crippen LogP contribution in [0.5, 0.6) is 0 Å². The standard InChI is InChI=1S/C10H17NO3S/c1-2-15-7-3-6-11-8(10(13)14)4-5-9(11)12/h8H,2-7H2,1H3,(H,13,14). The van der Waals surface area contributed by atoms with Gasteiger partial charge in [0.25, 0.3) is 0 Å². The van der Waals surface area contributed by atoms with E-state index in [1.807, 2.05) is 11.8 Å². The van der Waals surface area contributed by atoms with Crippen LogP contribution >= 0.6 is 11.8 Å². The van der Waals surface area contributed by atoms with Crippen LogP contribution in [0.15, 0.2) is 0 Å². The summed E-state index contributed by atoms with van der Waals surface area (Å²) in [7, 11) is 0. The van der Waals surface area contributed by atoms with Gasteiger partial charge in [0.1, 0.15) is 6.04 Å². The minimum atomic E-state index is -0.871. The highest BCUT2D eigenvalue weighted by Gasteiger charge is 2.35. The van der Waals surface area contributed by atoms with Crippen molar-refractivity contribution in [3.05, 3.63) is 0 Å². The number of likely N-dealkylation sites (tertiary alicyclic amines) is 1. The van der Waals surface area contributed by atoms with Crippen molar-refractivity contribution in [2.24, 2.45) is 0 Å². The molecule has 0 bridgehead atoms. The van der Waals surface area contributed by atoms with Crippen molar-refractivity contribution >= 4 is 23.6 Å². The Kier molecular flexibility index (Phi) is 4.94. The third-order valence-electron chi connectivity index (χ3n) is 2.51. The van der Waals surface area contributed by atoms with E-state index in [0.29, 0.717) is 19.4 Å². The van der Waals surface area contributed by atoms with Crippen molar-refractivity contribution < 1.29 is 14.7 Å². The Morgan fingerprint density at radius 1 is 1.67 bits per heavy atom. The van der Waals surface area contributed by atoms with E-state index in [2.05, 4.69) is 6.92 Å². The second-order valence-corrected chi connectivity index (χ2v) is 4.92. The number of nitrogens with zero attached hydrogens (tertiary/aromatic N) is 1. The van der Waals surface area contributed by atoms with Gasteiger partial charge in [-0.15, -0.1) is 0 Å². The van der Waals surface area contributed by atoms with E-state index in [0.717, 1.165) is 17.9 Å². The van der Waals surface area contributed by atoms with E-state index in [4.69, 9.17) is 5.11 Å². The first-order chi connectivity index (χ1) is 7.16. The number of hydrogen-bond donors (Lipinski definition) is 1. The van der Waals surface area contributed by atoms with Gasteiger partial charge in [-0.25, -0.2) is 4.79 Å². The molecule has 1 aliphatic heterocycles. The Hall–Kier alpha value is -0.710. The molecule has 0 aromatic heterocycles. The van der Waals surface area contributed by atoms with Crippen LogP contribution in [0.25, 0.3) is 0 Å². The first-order valence-electron chi connectivity index (χ1n) is 5.26. The van der Waals surface area contributed by atoms with Gasteiger partial charge in [0, 0.05) is 13.0 Å². The topological polar surface area (TPSA) is 57.6 Å². The Bertz CT molecular complexity index is 245. The fraction of sp³-hybridized carbons (Fsp3) is 0.800. The molecule has 1 fully saturated rings. The van der Waals surface area contributed by atoms with Crippen molar-refractivity contribution in [1.82, 2.24) is 4.90 Å². The molecular formula is C10H17NO3S. The van der Waals surface area contributed by atoms with Crippen LogP contribution in [-0.2, 0) is 9.59 Å². The first-order valence-corrected chi connectivity index (χ1v) is 6.42. The van der Waals surface area contributed by atoms with Gasteiger partial charge < -0.3 is 10.0 Å². The molecule has 86 valence electrons. The molecule has 0 radical (unpaired) electrons. The number of thioether (sulfide) groups is 1. The molecule has 1 atom stereocenters. The van der Waals surface area contributed by atoms with Crippen molar-refractivity contribution in [1.29, 1.82) is 0 Å². The molecule has 0 aliphatic carbocycles. The second-order valence-electron chi connectivity index (χ2n) is 3.53. The van der Waals surface area contributed by atoms with Crippen molar-refractivity contribution in [2.75, 3.05) is 18.1 Å². The summed E-state index contributed by atoms with van der Waals surface area (Å²) in [4.78, 5) is 23.8. The maximum atomic E-state index is 11.4. The van der Waals surface area contributed by atoms with Gasteiger partial charge in [0.05, 0.1) is 0 Å². The van der Waals surface area contributed by atoms with Gasteiger partial charge in [-0.3, -0.25) is 4.79 Å². The van der Waals surface area contributed by atoms with Crippen LogP contribution < -0.4 is 0 Å². The zero-order valence-corrected chi connectivity index (χ0v) is 9.76. The molecule has 1 saturated heterocycles. The normalized spacial score (nSPS) is 21.0. The van der Waals surface area contributed by atoms with Gasteiger partial charge in [-0.2, -0.15) is 11.8 Å². The molecule has 1 rings (SSSR count). The maximum absolute atomic E-state index is 11.4. The lowest BCUT2D eigenvalue weighted by atomic mass is 10.2. The molecule has 0 aromatic carbocycles. The quantitative estimate of drug-likeness (QED) is 0.698. The molecular weight excluding hydrogens is 214 g/mol. The lowest BCUT2D eigenvalue weighted by Gasteiger charge is -2.21. The highest BCUT2D eigenvalue weighted by atomic mass is 32.2. The van der Waals surface area contributed by atoms with Crippen LogP contribution in [0.1, 0.15) is 26.2 Å². The highest BCUT2D eigenvalue weighted by Crippen LogP contribution is 2.19. The zero-order valence-electron chi connectivity index (χ0n) is 8.94. The van der Waals surface area contributed by atoms with E-state index in [1.165, 1.54) is 4.90 Å². The minimum absolute atomic E-state index is 0.0103. The van der Waals surface area contributed by atoms with E-state index in [1.54, 1.807) is 0 Å². The van der Waals surface area contributed by atoms with Gasteiger partial charge in [-0.05, 0) is 24.3 Å². The van der Waals surface area contributed by atoms with E-state index >= 15 is 0 Å². The van der Waals surface area contributed by atoms with Gasteiger partial charge >= 0.3 is 5.97 Å². The molecule has 1 heterocycles. The zero-order chi connectivity index (χ0) is 11.3. The first kappa shape index (κ1) is 12.4. The summed E-state index contributed by atoms with van der Waals surface area (Å²) in [6.45, 7) is 2.68. The molecule has 1 amide bonds. The lowest BCUT2D eigenvalue weighted by Crippen LogP contribution is -2.39. The Morgan fingerprint density at radius 2 is 2.40 bits per heavy atom. The smallest absolute Gasteiger partial charge is 0.326 e. The van der Waals surface area contributed by atoms with Gasteiger partial charge in [0.2, 0.25) is 5.91 Å². The summed E-state index contributed by atoms with van der Waals surface area (Å²) in [5.41, 5.74) is 0. The number of carboxylic acids is 1. The van der Waals surface area contributed by atoms with Crippen molar-refractivity contribution in [3.63, 3.8) is 0 Å². The fourth-order valence-electron chi connectivity index (χ4n) is 1.75. The van der Waals surface area contributed by atoms with Crippen molar-refractivity contribution in [3.8, 4) is 0 Å². The van der Waals surface area contributed by atoms with Crippen LogP contribution in [-0.4, -0.2) is 46.0 Å². The van der Waals surface area contributed by atoms with Crippen LogP contribution in [0.3, 0.4) is 0 Å². The predicted octanol–water partition coefficient (Wildman–Crippen LogP) is 1.21. The largest absolute Gasteiger partial charge is 0.480 e. The Balaban J connectivity index is 2.36. The van der Waals surface area contributed by atoms with E-state index in [-0.39, 0.29) is 5.91 Å². The fourth-order valence-corrected chi connectivity index (χ4v) is 2.37. The van der Waals surface area contributed by atoms with E-state index in [9.17, 15) is 9.59 Å². The average Bonchev–Trinajstić information content (AvgIpc) is 2.55. The van der Waals surface area contributed by atoms with Crippen LogP contribution in [0.4, 0.5) is 0 Å². The highest BCUT2D eigenvalue weighted by molar-refractivity contribution is 7.99. The number of carbonyl (C=O) groups excluding carboxylic acids is 1. The number of carboxylic acid groups (broad SMARTS) is 1. The molecule has 1 N–H and O–H groups in total. The summed E-state index contributed by atoms with van der Waals surface area (Å²) in [6.07, 6.45) is 1.74. The summed E-state index contributed by atoms with van der Waals surface area (Å²) in [5.74, 6) is 1.18. The summed E-state index contributed by atoms with van der Waals surface area (Å²) >= 11 is 1.82. The maximum Gasteiger partial charge on any atom is 0.326 e. The Labute approximate surface area is 94.0 Å². The molecule has 5 heteroatoms. The van der Waals surface area contributed by atoms with Crippen LogP contribution in [0, 0.1) is 0 Å². The number of amides is 1. The molecule has 1 unspecified atom stereocenters. The predicted molar refractivity (Wildman–Crippen MR) is 60.0 cm³/mol. The number of carbonyl (C=O) groups is 2. The number of hydrogen-bond acceptors (Lipinski definition) is 3. The third-order valence-corrected chi connectivity index (χ3v) is 3.49.